The van der Waals surface area contributed by atoms with E-state index < -0.39 is 33.7 Å². The molecule has 0 bridgehead atoms. The molecule has 0 aliphatic carbocycles. The van der Waals surface area contributed by atoms with Crippen LogP contribution in [0.25, 0.3) is 0 Å². The molecule has 13 heavy (non-hydrogen) atoms. The molecule has 7 heteroatoms. The van der Waals surface area contributed by atoms with Gasteiger partial charge in [0.05, 0.1) is 11.0 Å². The lowest BCUT2D eigenvalue weighted by Gasteiger charge is -2.01. The third kappa shape index (κ3) is 1.31. The molecule has 1 aromatic rings. The first-order valence-electron chi connectivity index (χ1n) is 3.03. The molecule has 0 saturated carbocycles. The van der Waals surface area contributed by atoms with Crippen LogP contribution >= 0.6 is 0 Å². The summed E-state index contributed by atoms with van der Waals surface area (Å²) in [5, 5.41) is 36.4. The summed E-state index contributed by atoms with van der Waals surface area (Å²) >= 11 is 0. The van der Waals surface area contributed by atoms with Crippen molar-refractivity contribution in [1.82, 2.24) is 0 Å². The molecule has 0 aromatic heterocycles. The lowest BCUT2D eigenvalue weighted by molar-refractivity contribution is -0.386. The fourth-order valence-corrected chi connectivity index (χ4v) is 0.747. The van der Waals surface area contributed by atoms with Gasteiger partial charge in [0.1, 0.15) is 0 Å². The molecule has 0 amide bonds. The Bertz CT molecular complexity index is 378. The molecule has 0 aliphatic rings. The van der Waals surface area contributed by atoms with Crippen LogP contribution in [0.5, 0.6) is 17.2 Å². The summed E-state index contributed by atoms with van der Waals surface area (Å²) in [6, 6.07) is 0.407. The topological polar surface area (TPSA) is 104 Å². The van der Waals surface area contributed by atoms with Gasteiger partial charge in [0.25, 0.3) is 0 Å². The summed E-state index contributed by atoms with van der Waals surface area (Å²) in [5.41, 5.74) is -0.962. The van der Waals surface area contributed by atoms with Crippen molar-refractivity contribution in [1.29, 1.82) is 0 Å². The zero-order chi connectivity index (χ0) is 10.2. The second-order valence-electron chi connectivity index (χ2n) is 2.18. The molecular formula is C6H4FNO5. The van der Waals surface area contributed by atoms with Gasteiger partial charge in [-0.25, -0.2) is 0 Å². The average molecular weight is 189 g/mol. The standard InChI is InChI=1S/C6H4FNO5/c7-4-3(9)1-2(8(12)13)5(10)6(4)11/h1,9-11H. The Morgan fingerprint density at radius 2 is 1.85 bits per heavy atom. The highest BCUT2D eigenvalue weighted by atomic mass is 19.1. The fourth-order valence-electron chi connectivity index (χ4n) is 0.747. The normalized spacial score (nSPS) is 9.92. The Morgan fingerprint density at radius 1 is 1.31 bits per heavy atom. The van der Waals surface area contributed by atoms with Gasteiger partial charge in [0.15, 0.2) is 5.75 Å². The molecule has 1 aromatic carbocycles. The molecule has 70 valence electrons. The van der Waals surface area contributed by atoms with Crippen molar-refractivity contribution in [2.24, 2.45) is 0 Å². The maximum absolute atomic E-state index is 12.6. The van der Waals surface area contributed by atoms with Crippen molar-refractivity contribution in [2.45, 2.75) is 0 Å². The molecule has 0 spiro atoms. The van der Waals surface area contributed by atoms with Crippen molar-refractivity contribution in [3.8, 4) is 17.2 Å². The molecule has 3 N–H and O–H groups in total. The van der Waals surface area contributed by atoms with Gasteiger partial charge in [-0.15, -0.1) is 0 Å². The van der Waals surface area contributed by atoms with E-state index in [1.54, 1.807) is 0 Å². The van der Waals surface area contributed by atoms with Crippen molar-refractivity contribution >= 4 is 5.69 Å². The number of halogens is 1. The highest BCUT2D eigenvalue weighted by Gasteiger charge is 2.23. The number of hydrogen-bond acceptors (Lipinski definition) is 5. The number of nitro groups is 1. The largest absolute Gasteiger partial charge is 0.505 e. The second kappa shape index (κ2) is 2.77. The predicted octanol–water partition coefficient (Wildman–Crippen LogP) is 0.851. The van der Waals surface area contributed by atoms with Crippen molar-refractivity contribution < 1.29 is 24.6 Å². The van der Waals surface area contributed by atoms with E-state index in [1.807, 2.05) is 0 Å². The number of phenols is 3. The van der Waals surface area contributed by atoms with Crippen LogP contribution in [0.2, 0.25) is 0 Å². The SMILES string of the molecule is O=[N+]([O-])c1cc(O)c(F)c(O)c1O. The van der Waals surface area contributed by atoms with Crippen LogP contribution in [-0.4, -0.2) is 20.2 Å². The van der Waals surface area contributed by atoms with E-state index >= 15 is 0 Å². The first kappa shape index (κ1) is 9.04. The second-order valence-corrected chi connectivity index (χ2v) is 2.18. The van der Waals surface area contributed by atoms with E-state index in [4.69, 9.17) is 15.3 Å². The Kier molecular flexibility index (Phi) is 1.93. The third-order valence-corrected chi connectivity index (χ3v) is 1.37. The fraction of sp³-hybridized carbons (Fsp3) is 0. The third-order valence-electron chi connectivity index (χ3n) is 1.37. The van der Waals surface area contributed by atoms with Gasteiger partial charge in [0, 0.05) is 0 Å². The van der Waals surface area contributed by atoms with Crippen molar-refractivity contribution in [3.63, 3.8) is 0 Å². The van der Waals surface area contributed by atoms with E-state index in [9.17, 15) is 14.5 Å². The minimum Gasteiger partial charge on any atom is -0.505 e. The lowest BCUT2D eigenvalue weighted by atomic mass is 10.2. The van der Waals surface area contributed by atoms with Crippen LogP contribution in [0.15, 0.2) is 6.07 Å². The molecule has 0 saturated heterocycles. The maximum atomic E-state index is 12.6. The van der Waals surface area contributed by atoms with E-state index in [1.165, 1.54) is 0 Å². The van der Waals surface area contributed by atoms with Crippen molar-refractivity contribution in [2.75, 3.05) is 0 Å². The number of phenolic OH excluding ortho intramolecular Hbond substituents is 3. The molecule has 0 atom stereocenters. The predicted molar refractivity (Wildman–Crippen MR) is 38.0 cm³/mol. The van der Waals surface area contributed by atoms with Crippen LogP contribution in [-0.2, 0) is 0 Å². The van der Waals surface area contributed by atoms with Crippen LogP contribution < -0.4 is 0 Å². The summed E-state index contributed by atoms with van der Waals surface area (Å²) in [4.78, 5) is 9.08. The lowest BCUT2D eigenvalue weighted by Crippen LogP contribution is -1.90. The zero-order valence-corrected chi connectivity index (χ0v) is 6.06. The van der Waals surface area contributed by atoms with Gasteiger partial charge in [-0.1, -0.05) is 0 Å². The monoisotopic (exact) mass is 189 g/mol. The van der Waals surface area contributed by atoms with E-state index in [0.29, 0.717) is 6.07 Å². The number of benzene rings is 1. The Labute approximate surface area is 70.6 Å². The Hall–Kier alpha value is -2.05. The molecule has 0 fully saturated rings. The highest BCUT2D eigenvalue weighted by molar-refractivity contribution is 5.58. The molecule has 1 rings (SSSR count). The summed E-state index contributed by atoms with van der Waals surface area (Å²) in [7, 11) is 0. The average Bonchev–Trinajstić information content (AvgIpc) is 2.07. The summed E-state index contributed by atoms with van der Waals surface area (Å²) in [5.74, 6) is -5.14. The Balaban J connectivity index is 3.50. The summed E-state index contributed by atoms with van der Waals surface area (Å²) in [6.07, 6.45) is 0. The maximum Gasteiger partial charge on any atom is 0.318 e. The number of nitrogens with zero attached hydrogens (tertiary/aromatic N) is 1. The van der Waals surface area contributed by atoms with Gasteiger partial charge < -0.3 is 15.3 Å². The van der Waals surface area contributed by atoms with Crippen molar-refractivity contribution in [3.05, 3.63) is 22.0 Å². The quantitative estimate of drug-likeness (QED) is 0.263. The highest BCUT2D eigenvalue weighted by Crippen LogP contribution is 2.41. The minimum atomic E-state index is -1.50. The van der Waals surface area contributed by atoms with Gasteiger partial charge in [0.2, 0.25) is 17.3 Å². The number of rotatable bonds is 1. The number of hydrogen-bond donors (Lipinski definition) is 3. The smallest absolute Gasteiger partial charge is 0.318 e. The number of nitro benzene ring substituents is 1. The van der Waals surface area contributed by atoms with Gasteiger partial charge in [-0.05, 0) is 0 Å². The minimum absolute atomic E-state index is 0.407. The van der Waals surface area contributed by atoms with Gasteiger partial charge >= 0.3 is 5.69 Å². The van der Waals surface area contributed by atoms with Gasteiger partial charge in [-0.3, -0.25) is 10.1 Å². The molecular weight excluding hydrogens is 185 g/mol. The van der Waals surface area contributed by atoms with Crippen LogP contribution in [0, 0.1) is 15.9 Å². The summed E-state index contributed by atoms with van der Waals surface area (Å²) in [6.45, 7) is 0. The first-order valence-corrected chi connectivity index (χ1v) is 3.03. The van der Waals surface area contributed by atoms with Gasteiger partial charge in [-0.2, -0.15) is 4.39 Å². The summed E-state index contributed by atoms with van der Waals surface area (Å²) < 4.78 is 12.6. The number of aromatic hydroxyl groups is 3. The molecule has 0 aliphatic heterocycles. The van der Waals surface area contributed by atoms with E-state index in [2.05, 4.69) is 0 Å². The van der Waals surface area contributed by atoms with E-state index in [0.717, 1.165) is 0 Å². The van der Waals surface area contributed by atoms with E-state index in [-0.39, 0.29) is 0 Å². The first-order chi connectivity index (χ1) is 5.95. The molecule has 0 heterocycles. The van der Waals surface area contributed by atoms with Crippen LogP contribution in [0.4, 0.5) is 10.1 Å². The zero-order valence-electron chi connectivity index (χ0n) is 6.06. The molecule has 0 radical (unpaired) electrons. The van der Waals surface area contributed by atoms with Crippen LogP contribution in [0.3, 0.4) is 0 Å². The Morgan fingerprint density at radius 3 is 2.31 bits per heavy atom. The molecule has 6 nitrogen and oxygen atoms in total. The molecule has 0 unspecified atom stereocenters. The van der Waals surface area contributed by atoms with Crippen LogP contribution in [0.1, 0.15) is 0 Å².